The van der Waals surface area contributed by atoms with Gasteiger partial charge in [0, 0.05) is 26.1 Å². The number of piperidine rings is 1. The number of amides is 1. The summed E-state index contributed by atoms with van der Waals surface area (Å²) in [5, 5.41) is 0. The molecular weight excluding hydrogens is 224 g/mol. The summed E-state index contributed by atoms with van der Waals surface area (Å²) in [6.45, 7) is 2.84. The number of carbonyl (C=O) groups excluding carboxylic acids is 1. The van der Waals surface area contributed by atoms with Crippen LogP contribution in [-0.2, 0) is 4.79 Å². The average Bonchev–Trinajstić information content (AvgIpc) is 2.29. The fourth-order valence-corrected chi connectivity index (χ4v) is 2.34. The number of nitrogens with zero attached hydrogens (tertiary/aromatic N) is 1. The number of carbonyl (C=O) groups is 1. The number of rotatable bonds is 1. The molecule has 1 aromatic rings. The molecule has 1 fully saturated rings. The number of hydrogen-bond donors (Lipinski definition) is 0. The molecule has 0 radical (unpaired) electrons. The number of halogens is 2. The maximum atomic E-state index is 13.6. The molecule has 2 rings (SSSR count). The van der Waals surface area contributed by atoms with Crippen molar-refractivity contribution in [1.82, 2.24) is 4.90 Å². The molecule has 17 heavy (non-hydrogen) atoms. The van der Waals surface area contributed by atoms with E-state index < -0.39 is 11.6 Å². The van der Waals surface area contributed by atoms with Crippen LogP contribution in [0.3, 0.4) is 0 Å². The number of hydrogen-bond acceptors (Lipinski definition) is 1. The first-order valence-corrected chi connectivity index (χ1v) is 5.78. The molecule has 2 nitrogen and oxygen atoms in total. The third kappa shape index (κ3) is 2.62. The Balaban J connectivity index is 2.08. The number of benzene rings is 1. The van der Waals surface area contributed by atoms with E-state index in [2.05, 4.69) is 0 Å². The second kappa shape index (κ2) is 4.82. The van der Waals surface area contributed by atoms with Crippen LogP contribution in [0.2, 0.25) is 0 Å². The smallest absolute Gasteiger partial charge is 0.219 e. The summed E-state index contributed by atoms with van der Waals surface area (Å²) in [4.78, 5) is 12.9. The van der Waals surface area contributed by atoms with Crippen LogP contribution in [0.25, 0.3) is 0 Å². The molecular formula is C13H15F2NO. The topological polar surface area (TPSA) is 20.3 Å². The lowest BCUT2D eigenvalue weighted by molar-refractivity contribution is -0.129. The summed E-state index contributed by atoms with van der Waals surface area (Å²) in [6, 6.07) is 3.72. The molecule has 0 unspecified atom stereocenters. The lowest BCUT2D eigenvalue weighted by atomic mass is 9.89. The highest BCUT2D eigenvalue weighted by atomic mass is 19.1. The van der Waals surface area contributed by atoms with Crippen molar-refractivity contribution in [1.29, 1.82) is 0 Å². The fraction of sp³-hybridized carbons (Fsp3) is 0.462. The van der Waals surface area contributed by atoms with Gasteiger partial charge in [0.25, 0.3) is 0 Å². The van der Waals surface area contributed by atoms with E-state index >= 15 is 0 Å². The van der Waals surface area contributed by atoms with Crippen LogP contribution in [0.15, 0.2) is 18.2 Å². The first-order chi connectivity index (χ1) is 8.08. The first-order valence-electron chi connectivity index (χ1n) is 5.78. The van der Waals surface area contributed by atoms with Crippen LogP contribution in [-0.4, -0.2) is 23.9 Å². The summed E-state index contributed by atoms with van der Waals surface area (Å²) in [5.41, 5.74) is 0.564. The molecule has 1 saturated heterocycles. The first kappa shape index (κ1) is 12.0. The van der Waals surface area contributed by atoms with Crippen LogP contribution < -0.4 is 0 Å². The molecule has 0 bridgehead atoms. The van der Waals surface area contributed by atoms with Gasteiger partial charge in [-0.3, -0.25) is 4.79 Å². The van der Waals surface area contributed by atoms with Crippen molar-refractivity contribution in [3.05, 3.63) is 35.4 Å². The van der Waals surface area contributed by atoms with Crippen LogP contribution in [0.4, 0.5) is 8.78 Å². The van der Waals surface area contributed by atoms with Gasteiger partial charge in [-0.1, -0.05) is 6.07 Å². The van der Waals surface area contributed by atoms with Crippen molar-refractivity contribution in [3.8, 4) is 0 Å². The van der Waals surface area contributed by atoms with Gasteiger partial charge < -0.3 is 4.90 Å². The third-order valence-electron chi connectivity index (χ3n) is 3.34. The predicted octanol–water partition coefficient (Wildman–Crippen LogP) is 2.69. The summed E-state index contributed by atoms with van der Waals surface area (Å²) in [6.07, 6.45) is 1.48. The van der Waals surface area contributed by atoms with E-state index in [-0.39, 0.29) is 11.8 Å². The average molecular weight is 239 g/mol. The zero-order valence-electron chi connectivity index (χ0n) is 9.75. The summed E-state index contributed by atoms with van der Waals surface area (Å²) in [5.74, 6) is -0.882. The molecule has 0 aliphatic carbocycles. The Morgan fingerprint density at radius 3 is 2.47 bits per heavy atom. The SMILES string of the molecule is CC(=O)N1CCC(c2ccc(F)cc2F)CC1. The predicted molar refractivity (Wildman–Crippen MR) is 60.6 cm³/mol. The minimum atomic E-state index is -0.549. The maximum Gasteiger partial charge on any atom is 0.219 e. The molecule has 92 valence electrons. The van der Waals surface area contributed by atoms with E-state index in [0.717, 1.165) is 18.9 Å². The fourth-order valence-electron chi connectivity index (χ4n) is 2.34. The zero-order chi connectivity index (χ0) is 12.4. The normalized spacial score (nSPS) is 17.2. The van der Waals surface area contributed by atoms with E-state index in [1.807, 2.05) is 0 Å². The Labute approximate surface area is 99.2 Å². The van der Waals surface area contributed by atoms with E-state index in [9.17, 15) is 13.6 Å². The standard InChI is InChI=1S/C13H15F2NO/c1-9(17)16-6-4-10(5-7-16)12-3-2-11(14)8-13(12)15/h2-3,8,10H,4-7H2,1H3. The van der Waals surface area contributed by atoms with E-state index in [1.54, 1.807) is 11.8 Å². The minimum Gasteiger partial charge on any atom is -0.343 e. The van der Waals surface area contributed by atoms with Crippen molar-refractivity contribution >= 4 is 5.91 Å². The van der Waals surface area contributed by atoms with Gasteiger partial charge in [0.2, 0.25) is 5.91 Å². The van der Waals surface area contributed by atoms with Crippen molar-refractivity contribution in [3.63, 3.8) is 0 Å². The van der Waals surface area contributed by atoms with Gasteiger partial charge in [0.1, 0.15) is 11.6 Å². The molecule has 1 aliphatic rings. The molecule has 0 atom stereocenters. The summed E-state index contributed by atoms with van der Waals surface area (Å²) >= 11 is 0. The summed E-state index contributed by atoms with van der Waals surface area (Å²) < 4.78 is 26.4. The lowest BCUT2D eigenvalue weighted by Crippen LogP contribution is -2.36. The molecule has 0 N–H and O–H groups in total. The van der Waals surface area contributed by atoms with Crippen molar-refractivity contribution in [2.75, 3.05) is 13.1 Å². The van der Waals surface area contributed by atoms with E-state index in [4.69, 9.17) is 0 Å². The van der Waals surface area contributed by atoms with Gasteiger partial charge in [-0.2, -0.15) is 0 Å². The second-order valence-electron chi connectivity index (χ2n) is 4.45. The molecule has 0 spiro atoms. The van der Waals surface area contributed by atoms with Gasteiger partial charge in [0.05, 0.1) is 0 Å². The monoisotopic (exact) mass is 239 g/mol. The Hall–Kier alpha value is -1.45. The Morgan fingerprint density at radius 1 is 1.29 bits per heavy atom. The zero-order valence-corrected chi connectivity index (χ0v) is 9.75. The van der Waals surface area contributed by atoms with Gasteiger partial charge >= 0.3 is 0 Å². The van der Waals surface area contributed by atoms with Crippen molar-refractivity contribution < 1.29 is 13.6 Å². The minimum absolute atomic E-state index is 0.0584. The van der Waals surface area contributed by atoms with Gasteiger partial charge in [-0.15, -0.1) is 0 Å². The number of likely N-dealkylation sites (tertiary alicyclic amines) is 1. The van der Waals surface area contributed by atoms with Crippen molar-refractivity contribution in [2.24, 2.45) is 0 Å². The molecule has 1 aliphatic heterocycles. The Morgan fingerprint density at radius 2 is 1.94 bits per heavy atom. The van der Waals surface area contributed by atoms with Crippen LogP contribution >= 0.6 is 0 Å². The Bertz CT molecular complexity index is 425. The largest absolute Gasteiger partial charge is 0.343 e. The summed E-state index contributed by atoms with van der Waals surface area (Å²) in [7, 11) is 0. The van der Waals surface area contributed by atoms with Crippen LogP contribution in [0.1, 0.15) is 31.2 Å². The molecule has 1 amide bonds. The van der Waals surface area contributed by atoms with Crippen LogP contribution in [0, 0.1) is 11.6 Å². The Kier molecular flexibility index (Phi) is 3.41. The molecule has 0 saturated carbocycles. The lowest BCUT2D eigenvalue weighted by Gasteiger charge is -2.31. The highest BCUT2D eigenvalue weighted by molar-refractivity contribution is 5.73. The van der Waals surface area contributed by atoms with Gasteiger partial charge in [-0.25, -0.2) is 8.78 Å². The second-order valence-corrected chi connectivity index (χ2v) is 4.45. The maximum absolute atomic E-state index is 13.6. The van der Waals surface area contributed by atoms with Crippen molar-refractivity contribution in [2.45, 2.75) is 25.7 Å². The quantitative estimate of drug-likeness (QED) is 0.737. The molecule has 1 heterocycles. The highest BCUT2D eigenvalue weighted by Crippen LogP contribution is 2.30. The van der Waals surface area contributed by atoms with E-state index in [1.165, 1.54) is 12.1 Å². The van der Waals surface area contributed by atoms with E-state index in [0.29, 0.717) is 18.7 Å². The van der Waals surface area contributed by atoms with Crippen LogP contribution in [0.5, 0.6) is 0 Å². The third-order valence-corrected chi connectivity index (χ3v) is 3.34. The van der Waals surface area contributed by atoms with Gasteiger partial charge in [-0.05, 0) is 30.4 Å². The molecule has 1 aromatic carbocycles. The highest BCUT2D eigenvalue weighted by Gasteiger charge is 2.23. The molecule has 0 aromatic heterocycles. The van der Waals surface area contributed by atoms with Gasteiger partial charge in [0.15, 0.2) is 0 Å². The molecule has 4 heteroatoms.